The minimum atomic E-state index is -0.438. The molecule has 1 N–H and O–H groups in total. The summed E-state index contributed by atoms with van der Waals surface area (Å²) in [5, 5.41) is 15.9. The van der Waals surface area contributed by atoms with Gasteiger partial charge in [-0.1, -0.05) is 18.2 Å². The van der Waals surface area contributed by atoms with Gasteiger partial charge in [-0.2, -0.15) is 0 Å². The van der Waals surface area contributed by atoms with Gasteiger partial charge in [0.1, 0.15) is 0 Å². The molecule has 3 aromatic rings. The van der Waals surface area contributed by atoms with Gasteiger partial charge in [-0.15, -0.1) is 23.1 Å². The number of non-ortho nitro benzene ring substituents is 1. The largest absolute Gasteiger partial charge is 0.302 e. The number of aromatic nitrogens is 1. The minimum Gasteiger partial charge on any atom is -0.302 e. The summed E-state index contributed by atoms with van der Waals surface area (Å²) < 4.78 is 0. The Bertz CT molecular complexity index is 911. The molecule has 1 amide bonds. The second-order valence-corrected chi connectivity index (χ2v) is 7.68. The van der Waals surface area contributed by atoms with Crippen molar-refractivity contribution in [3.63, 3.8) is 0 Å². The van der Waals surface area contributed by atoms with Gasteiger partial charge in [0, 0.05) is 34.4 Å². The third-order valence-corrected chi connectivity index (χ3v) is 5.54. The average molecular weight is 399 g/mol. The molecule has 0 saturated carbocycles. The van der Waals surface area contributed by atoms with Crippen molar-refractivity contribution in [1.82, 2.24) is 4.98 Å². The summed E-state index contributed by atoms with van der Waals surface area (Å²) in [6, 6.07) is 16.3. The minimum absolute atomic E-state index is 0.0379. The molecule has 1 heterocycles. The second kappa shape index (κ2) is 9.29. The molecule has 8 heteroatoms. The number of thiazole rings is 1. The first-order valence-corrected chi connectivity index (χ1v) is 10.2. The summed E-state index contributed by atoms with van der Waals surface area (Å²) in [5.41, 5.74) is 1.50. The number of hydrogen-bond donors (Lipinski definition) is 1. The number of nitro benzene ring substituents is 1. The number of carbonyl (C=O) groups is 1. The van der Waals surface area contributed by atoms with Crippen LogP contribution >= 0.6 is 23.1 Å². The van der Waals surface area contributed by atoms with E-state index >= 15 is 0 Å². The highest BCUT2D eigenvalue weighted by atomic mass is 32.2. The summed E-state index contributed by atoms with van der Waals surface area (Å²) in [4.78, 5) is 27.9. The number of amides is 1. The molecule has 0 aliphatic heterocycles. The van der Waals surface area contributed by atoms with Gasteiger partial charge < -0.3 is 5.32 Å². The quantitative estimate of drug-likeness (QED) is 0.243. The first-order chi connectivity index (χ1) is 13.1. The highest BCUT2D eigenvalue weighted by Crippen LogP contribution is 2.26. The molecule has 2 aromatic carbocycles. The van der Waals surface area contributed by atoms with E-state index in [2.05, 4.69) is 22.4 Å². The highest BCUT2D eigenvalue weighted by molar-refractivity contribution is 7.99. The van der Waals surface area contributed by atoms with Crippen LogP contribution in [0, 0.1) is 10.1 Å². The van der Waals surface area contributed by atoms with Crippen molar-refractivity contribution in [3.8, 4) is 11.3 Å². The van der Waals surface area contributed by atoms with Crippen LogP contribution in [-0.4, -0.2) is 21.6 Å². The summed E-state index contributed by atoms with van der Waals surface area (Å²) in [6.45, 7) is 0. The Labute approximate surface area is 164 Å². The van der Waals surface area contributed by atoms with E-state index in [-0.39, 0.29) is 11.6 Å². The smallest absolute Gasteiger partial charge is 0.269 e. The van der Waals surface area contributed by atoms with E-state index in [0.717, 1.165) is 17.7 Å². The van der Waals surface area contributed by atoms with Crippen molar-refractivity contribution in [2.45, 2.75) is 17.7 Å². The van der Waals surface area contributed by atoms with Crippen LogP contribution in [0.1, 0.15) is 12.8 Å². The molecule has 0 saturated heterocycles. The number of nitrogens with zero attached hydrogens (tertiary/aromatic N) is 2. The average Bonchev–Trinajstić information content (AvgIpc) is 3.14. The van der Waals surface area contributed by atoms with Gasteiger partial charge in [0.25, 0.3) is 5.69 Å². The molecule has 0 unspecified atom stereocenters. The molecule has 0 spiro atoms. The predicted molar refractivity (Wildman–Crippen MR) is 109 cm³/mol. The Morgan fingerprint density at radius 3 is 2.59 bits per heavy atom. The van der Waals surface area contributed by atoms with Gasteiger partial charge in [-0.25, -0.2) is 4.98 Å². The fourth-order valence-electron chi connectivity index (χ4n) is 2.34. The molecule has 0 fully saturated rings. The van der Waals surface area contributed by atoms with Crippen LogP contribution in [0.2, 0.25) is 0 Å². The molecule has 138 valence electrons. The summed E-state index contributed by atoms with van der Waals surface area (Å²) in [7, 11) is 0. The van der Waals surface area contributed by atoms with E-state index < -0.39 is 4.92 Å². The Balaban J connectivity index is 1.47. The van der Waals surface area contributed by atoms with Crippen molar-refractivity contribution in [3.05, 3.63) is 70.1 Å². The summed E-state index contributed by atoms with van der Waals surface area (Å²) in [6.07, 6.45) is 1.22. The zero-order valence-corrected chi connectivity index (χ0v) is 16.0. The van der Waals surface area contributed by atoms with E-state index in [4.69, 9.17) is 0 Å². The lowest BCUT2D eigenvalue weighted by Crippen LogP contribution is -2.11. The molecular weight excluding hydrogens is 382 g/mol. The van der Waals surface area contributed by atoms with Crippen LogP contribution in [-0.2, 0) is 4.79 Å². The Hall–Kier alpha value is -2.71. The Morgan fingerprint density at radius 1 is 1.15 bits per heavy atom. The van der Waals surface area contributed by atoms with Crippen molar-refractivity contribution in [2.75, 3.05) is 11.1 Å². The topological polar surface area (TPSA) is 85.1 Å². The van der Waals surface area contributed by atoms with E-state index in [1.54, 1.807) is 23.9 Å². The number of thioether (sulfide) groups is 1. The van der Waals surface area contributed by atoms with Crippen LogP contribution < -0.4 is 5.32 Å². The van der Waals surface area contributed by atoms with Crippen molar-refractivity contribution in [2.24, 2.45) is 0 Å². The maximum absolute atomic E-state index is 12.1. The highest BCUT2D eigenvalue weighted by Gasteiger charge is 2.10. The van der Waals surface area contributed by atoms with Crippen molar-refractivity contribution < 1.29 is 9.72 Å². The molecule has 3 rings (SSSR count). The SMILES string of the molecule is O=C(CCCSc1ccccc1)Nc1nc(-c2ccc([N+](=O)[O-])cc2)cs1. The lowest BCUT2D eigenvalue weighted by atomic mass is 10.1. The van der Waals surface area contributed by atoms with E-state index in [0.29, 0.717) is 17.2 Å². The second-order valence-electron chi connectivity index (χ2n) is 5.66. The maximum Gasteiger partial charge on any atom is 0.269 e. The number of benzene rings is 2. The number of nitro groups is 1. The standard InChI is InChI=1S/C19H17N3O3S2/c23-18(7-4-12-26-16-5-2-1-3-6-16)21-19-20-17(13-27-19)14-8-10-15(11-9-14)22(24)25/h1-3,5-6,8-11,13H,4,7,12H2,(H,20,21,23). The van der Waals surface area contributed by atoms with E-state index in [9.17, 15) is 14.9 Å². The zero-order chi connectivity index (χ0) is 19.1. The number of anilines is 1. The fraction of sp³-hybridized carbons (Fsp3) is 0.158. The van der Waals surface area contributed by atoms with Crippen LogP contribution in [0.5, 0.6) is 0 Å². The summed E-state index contributed by atoms with van der Waals surface area (Å²) >= 11 is 3.07. The van der Waals surface area contributed by atoms with Gasteiger partial charge >= 0.3 is 0 Å². The molecular formula is C19H17N3O3S2. The Morgan fingerprint density at radius 2 is 1.89 bits per heavy atom. The number of rotatable bonds is 8. The predicted octanol–water partition coefficient (Wildman–Crippen LogP) is 5.23. The van der Waals surface area contributed by atoms with Crippen molar-refractivity contribution in [1.29, 1.82) is 0 Å². The molecule has 0 radical (unpaired) electrons. The lowest BCUT2D eigenvalue weighted by molar-refractivity contribution is -0.384. The number of hydrogen-bond acceptors (Lipinski definition) is 6. The first kappa shape index (κ1) is 19.1. The van der Waals surface area contributed by atoms with Crippen LogP contribution in [0.15, 0.2) is 64.9 Å². The first-order valence-electron chi connectivity index (χ1n) is 8.30. The van der Waals surface area contributed by atoms with Crippen LogP contribution in [0.3, 0.4) is 0 Å². The number of nitrogens with one attached hydrogen (secondary N) is 1. The molecule has 27 heavy (non-hydrogen) atoms. The number of carbonyl (C=O) groups excluding carboxylic acids is 1. The van der Waals surface area contributed by atoms with Gasteiger partial charge in [-0.3, -0.25) is 14.9 Å². The summed E-state index contributed by atoms with van der Waals surface area (Å²) in [5.74, 6) is 0.817. The fourth-order valence-corrected chi connectivity index (χ4v) is 3.95. The van der Waals surface area contributed by atoms with Gasteiger partial charge in [0.05, 0.1) is 10.6 Å². The van der Waals surface area contributed by atoms with Crippen molar-refractivity contribution >= 4 is 39.8 Å². The third kappa shape index (κ3) is 5.63. The Kier molecular flexibility index (Phi) is 6.56. The molecule has 6 nitrogen and oxygen atoms in total. The van der Waals surface area contributed by atoms with Crippen LogP contribution in [0.25, 0.3) is 11.3 Å². The lowest BCUT2D eigenvalue weighted by Gasteiger charge is -2.02. The molecule has 0 atom stereocenters. The molecule has 0 aliphatic carbocycles. The van der Waals surface area contributed by atoms with Gasteiger partial charge in [0.2, 0.25) is 5.91 Å². The maximum atomic E-state index is 12.1. The third-order valence-electron chi connectivity index (χ3n) is 3.68. The molecule has 1 aromatic heterocycles. The van der Waals surface area contributed by atoms with E-state index in [1.165, 1.54) is 28.4 Å². The molecule has 0 bridgehead atoms. The van der Waals surface area contributed by atoms with Gasteiger partial charge in [-0.05, 0) is 36.4 Å². The molecule has 0 aliphatic rings. The van der Waals surface area contributed by atoms with Crippen LogP contribution in [0.4, 0.5) is 10.8 Å². The monoisotopic (exact) mass is 399 g/mol. The van der Waals surface area contributed by atoms with Gasteiger partial charge in [0.15, 0.2) is 5.13 Å². The normalized spacial score (nSPS) is 10.5. The van der Waals surface area contributed by atoms with E-state index in [1.807, 2.05) is 23.6 Å². The zero-order valence-electron chi connectivity index (χ0n) is 14.3.